The summed E-state index contributed by atoms with van der Waals surface area (Å²) in [6.45, 7) is 4.14. The number of hydrogen-bond donors (Lipinski definition) is 1. The van der Waals surface area contributed by atoms with Crippen molar-refractivity contribution in [3.63, 3.8) is 0 Å². The van der Waals surface area contributed by atoms with Crippen molar-refractivity contribution >= 4 is 33.1 Å². The maximum Gasteiger partial charge on any atom is 0.0759 e. The molecule has 0 aliphatic carbocycles. The summed E-state index contributed by atoms with van der Waals surface area (Å²) >= 11 is 8.42. The van der Waals surface area contributed by atoms with Gasteiger partial charge >= 0.3 is 0 Å². The highest BCUT2D eigenvalue weighted by molar-refractivity contribution is 9.10. The SMILES string of the molecule is Cc1cc(CC(C)C(N)=S)ccc1Br. The predicted octanol–water partition coefficient (Wildman–Crippen LogP) is 3.22. The van der Waals surface area contributed by atoms with Gasteiger partial charge in [0.15, 0.2) is 0 Å². The molecule has 1 aromatic rings. The quantitative estimate of drug-likeness (QED) is 0.855. The molecule has 1 nitrogen and oxygen atoms in total. The van der Waals surface area contributed by atoms with Crippen molar-refractivity contribution in [3.05, 3.63) is 33.8 Å². The monoisotopic (exact) mass is 271 g/mol. The Kier molecular flexibility index (Phi) is 4.08. The molecule has 0 fully saturated rings. The van der Waals surface area contributed by atoms with Crippen molar-refractivity contribution in [2.24, 2.45) is 11.7 Å². The van der Waals surface area contributed by atoms with Gasteiger partial charge in [-0.2, -0.15) is 0 Å². The van der Waals surface area contributed by atoms with Gasteiger partial charge in [0.2, 0.25) is 0 Å². The van der Waals surface area contributed by atoms with Crippen LogP contribution in [0.3, 0.4) is 0 Å². The standard InChI is InChI=1S/C11H14BrNS/c1-7-5-9(3-4-10(7)12)6-8(2)11(13)14/h3-5,8H,6H2,1-2H3,(H2,13,14). The van der Waals surface area contributed by atoms with Gasteiger partial charge in [0.1, 0.15) is 0 Å². The van der Waals surface area contributed by atoms with E-state index in [1.807, 2.05) is 0 Å². The van der Waals surface area contributed by atoms with E-state index in [1.54, 1.807) is 0 Å². The highest BCUT2D eigenvalue weighted by Crippen LogP contribution is 2.19. The lowest BCUT2D eigenvalue weighted by Gasteiger charge is -2.10. The molecule has 0 bridgehead atoms. The lowest BCUT2D eigenvalue weighted by molar-refractivity contribution is 0.771. The van der Waals surface area contributed by atoms with Crippen molar-refractivity contribution in [2.75, 3.05) is 0 Å². The first-order valence-electron chi connectivity index (χ1n) is 4.55. The Morgan fingerprint density at radius 3 is 2.71 bits per heavy atom. The second-order valence-corrected chi connectivity index (χ2v) is 4.92. The molecule has 2 N–H and O–H groups in total. The normalized spacial score (nSPS) is 12.5. The van der Waals surface area contributed by atoms with Gasteiger partial charge in [0.25, 0.3) is 0 Å². The summed E-state index contributed by atoms with van der Waals surface area (Å²) in [5.74, 6) is 0.269. The predicted molar refractivity (Wildman–Crippen MR) is 68.5 cm³/mol. The molecule has 14 heavy (non-hydrogen) atoms. The maximum atomic E-state index is 5.57. The molecule has 0 aliphatic heterocycles. The van der Waals surface area contributed by atoms with E-state index in [1.165, 1.54) is 11.1 Å². The minimum absolute atomic E-state index is 0.269. The minimum Gasteiger partial charge on any atom is -0.393 e. The second-order valence-electron chi connectivity index (χ2n) is 3.59. The molecule has 0 amide bonds. The molecule has 1 unspecified atom stereocenters. The van der Waals surface area contributed by atoms with E-state index in [2.05, 4.69) is 48.0 Å². The van der Waals surface area contributed by atoms with E-state index >= 15 is 0 Å². The van der Waals surface area contributed by atoms with Crippen molar-refractivity contribution in [1.82, 2.24) is 0 Å². The number of hydrogen-bond acceptors (Lipinski definition) is 1. The van der Waals surface area contributed by atoms with E-state index in [9.17, 15) is 0 Å². The van der Waals surface area contributed by atoms with Crippen LogP contribution < -0.4 is 5.73 Å². The van der Waals surface area contributed by atoms with Crippen LogP contribution in [0.25, 0.3) is 0 Å². The third-order valence-corrected chi connectivity index (χ3v) is 3.54. The summed E-state index contributed by atoms with van der Waals surface area (Å²) in [6, 6.07) is 6.33. The molecule has 76 valence electrons. The average molecular weight is 272 g/mol. The minimum atomic E-state index is 0.269. The molecule has 0 radical (unpaired) electrons. The zero-order valence-electron chi connectivity index (χ0n) is 8.38. The van der Waals surface area contributed by atoms with E-state index in [4.69, 9.17) is 18.0 Å². The Balaban J connectivity index is 2.78. The first-order chi connectivity index (χ1) is 6.50. The second kappa shape index (κ2) is 4.89. The molecule has 3 heteroatoms. The fraction of sp³-hybridized carbons (Fsp3) is 0.364. The summed E-state index contributed by atoms with van der Waals surface area (Å²) in [5, 5.41) is 0. The Morgan fingerprint density at radius 2 is 2.21 bits per heavy atom. The van der Waals surface area contributed by atoms with Crippen LogP contribution in [0.4, 0.5) is 0 Å². The van der Waals surface area contributed by atoms with E-state index < -0.39 is 0 Å². The topological polar surface area (TPSA) is 26.0 Å². The summed E-state index contributed by atoms with van der Waals surface area (Å²) < 4.78 is 1.14. The average Bonchev–Trinajstić information content (AvgIpc) is 2.11. The number of rotatable bonds is 3. The first kappa shape index (κ1) is 11.7. The Morgan fingerprint density at radius 1 is 1.57 bits per heavy atom. The highest BCUT2D eigenvalue weighted by atomic mass is 79.9. The van der Waals surface area contributed by atoms with Crippen LogP contribution in [0.5, 0.6) is 0 Å². The zero-order valence-corrected chi connectivity index (χ0v) is 10.8. The largest absolute Gasteiger partial charge is 0.393 e. The number of aryl methyl sites for hydroxylation is 1. The molecule has 0 spiro atoms. The van der Waals surface area contributed by atoms with Crippen LogP contribution in [-0.2, 0) is 6.42 Å². The molecular weight excluding hydrogens is 258 g/mol. The van der Waals surface area contributed by atoms with Crippen LogP contribution in [0.2, 0.25) is 0 Å². The van der Waals surface area contributed by atoms with Crippen molar-refractivity contribution < 1.29 is 0 Å². The van der Waals surface area contributed by atoms with E-state index in [0.717, 1.165) is 10.9 Å². The van der Waals surface area contributed by atoms with E-state index in [0.29, 0.717) is 4.99 Å². The highest BCUT2D eigenvalue weighted by Gasteiger charge is 2.06. The van der Waals surface area contributed by atoms with Gasteiger partial charge in [-0.1, -0.05) is 47.2 Å². The third kappa shape index (κ3) is 3.07. The first-order valence-corrected chi connectivity index (χ1v) is 5.75. The van der Waals surface area contributed by atoms with Gasteiger partial charge in [-0.25, -0.2) is 0 Å². The molecule has 0 aliphatic rings. The maximum absolute atomic E-state index is 5.57. The summed E-state index contributed by atoms with van der Waals surface area (Å²) in [7, 11) is 0. The number of thiocarbonyl (C=S) groups is 1. The number of benzene rings is 1. The Hall–Kier alpha value is -0.410. The van der Waals surface area contributed by atoms with Crippen molar-refractivity contribution in [2.45, 2.75) is 20.3 Å². The van der Waals surface area contributed by atoms with Crippen LogP contribution >= 0.6 is 28.1 Å². The lowest BCUT2D eigenvalue weighted by Crippen LogP contribution is -2.20. The third-order valence-electron chi connectivity index (χ3n) is 2.25. The van der Waals surface area contributed by atoms with E-state index in [-0.39, 0.29) is 5.92 Å². The van der Waals surface area contributed by atoms with Gasteiger partial charge in [-0.15, -0.1) is 0 Å². The fourth-order valence-electron chi connectivity index (χ4n) is 1.29. The molecule has 0 saturated carbocycles. The van der Waals surface area contributed by atoms with Crippen LogP contribution in [0.1, 0.15) is 18.1 Å². The molecule has 1 atom stereocenters. The smallest absolute Gasteiger partial charge is 0.0759 e. The Bertz CT molecular complexity index is 349. The lowest BCUT2D eigenvalue weighted by atomic mass is 10.00. The summed E-state index contributed by atoms with van der Waals surface area (Å²) in [4.78, 5) is 0.588. The van der Waals surface area contributed by atoms with Crippen LogP contribution in [-0.4, -0.2) is 4.99 Å². The molecule has 1 rings (SSSR count). The summed E-state index contributed by atoms with van der Waals surface area (Å²) in [5.41, 5.74) is 8.11. The molecular formula is C11H14BrNS. The number of nitrogens with two attached hydrogens (primary N) is 1. The van der Waals surface area contributed by atoms with Gasteiger partial charge in [0, 0.05) is 10.4 Å². The zero-order chi connectivity index (χ0) is 10.7. The Labute approximate surface area is 98.8 Å². The van der Waals surface area contributed by atoms with Gasteiger partial charge in [0.05, 0.1) is 4.99 Å². The summed E-state index contributed by atoms with van der Waals surface area (Å²) in [6.07, 6.45) is 0.920. The van der Waals surface area contributed by atoms with Gasteiger partial charge < -0.3 is 5.73 Å². The van der Waals surface area contributed by atoms with Gasteiger partial charge in [-0.3, -0.25) is 0 Å². The number of halogens is 1. The molecule has 1 aromatic carbocycles. The fourth-order valence-corrected chi connectivity index (χ4v) is 1.62. The van der Waals surface area contributed by atoms with Crippen LogP contribution in [0, 0.1) is 12.8 Å². The molecule has 0 saturated heterocycles. The van der Waals surface area contributed by atoms with Crippen molar-refractivity contribution in [3.8, 4) is 0 Å². The van der Waals surface area contributed by atoms with Crippen LogP contribution in [0.15, 0.2) is 22.7 Å². The van der Waals surface area contributed by atoms with Crippen molar-refractivity contribution in [1.29, 1.82) is 0 Å². The molecule has 0 heterocycles. The molecule has 0 aromatic heterocycles. The van der Waals surface area contributed by atoms with Gasteiger partial charge in [-0.05, 0) is 30.5 Å².